The molecule has 0 radical (unpaired) electrons. The van der Waals surface area contributed by atoms with Crippen LogP contribution in [0.15, 0.2) is 89.8 Å². The number of fused-ring (bicyclic) bond motifs is 1. The molecule has 0 saturated heterocycles. The highest BCUT2D eigenvalue weighted by Gasteiger charge is 2.18. The van der Waals surface area contributed by atoms with Gasteiger partial charge in [-0.05, 0) is 71.1 Å². The van der Waals surface area contributed by atoms with Gasteiger partial charge >= 0.3 is 10.1 Å². The van der Waals surface area contributed by atoms with Crippen molar-refractivity contribution in [2.75, 3.05) is 5.32 Å². The van der Waals surface area contributed by atoms with Gasteiger partial charge in [-0.1, -0.05) is 68.8 Å². The first-order valence-electron chi connectivity index (χ1n) is 10.5. The Labute approximate surface area is 190 Å². The van der Waals surface area contributed by atoms with Crippen LogP contribution in [0.3, 0.4) is 0 Å². The number of hydrogen-bond acceptors (Lipinski definition) is 4. The molecule has 0 aliphatic carbocycles. The van der Waals surface area contributed by atoms with Crippen molar-refractivity contribution >= 4 is 32.3 Å². The summed E-state index contributed by atoms with van der Waals surface area (Å²) in [6.45, 7) is 8.47. The summed E-state index contributed by atoms with van der Waals surface area (Å²) in [7, 11) is -3.90. The van der Waals surface area contributed by atoms with Crippen molar-refractivity contribution in [2.45, 2.75) is 38.0 Å². The highest BCUT2D eigenvalue weighted by molar-refractivity contribution is 7.87. The molecule has 0 heterocycles. The van der Waals surface area contributed by atoms with Crippen LogP contribution in [0.25, 0.3) is 10.8 Å². The fourth-order valence-corrected chi connectivity index (χ4v) is 4.56. The van der Waals surface area contributed by atoms with Gasteiger partial charge in [0.1, 0.15) is 10.6 Å². The van der Waals surface area contributed by atoms with Crippen LogP contribution in [0, 0.1) is 6.92 Å². The van der Waals surface area contributed by atoms with Crippen LogP contribution >= 0.6 is 0 Å². The molecular formula is C27H27NO3S. The minimum absolute atomic E-state index is 0.00574. The number of para-hydroxylation sites is 1. The van der Waals surface area contributed by atoms with Gasteiger partial charge < -0.3 is 9.50 Å². The zero-order valence-corrected chi connectivity index (χ0v) is 19.5. The van der Waals surface area contributed by atoms with Crippen LogP contribution < -0.4 is 9.50 Å². The van der Waals surface area contributed by atoms with Gasteiger partial charge in [0.15, 0.2) is 0 Å². The second-order valence-corrected chi connectivity index (χ2v) is 10.5. The maximum atomic E-state index is 12.7. The van der Waals surface area contributed by atoms with E-state index in [1.54, 1.807) is 36.4 Å². The van der Waals surface area contributed by atoms with E-state index >= 15 is 0 Å². The fourth-order valence-electron chi connectivity index (χ4n) is 3.64. The lowest BCUT2D eigenvalue weighted by Gasteiger charge is -2.23. The van der Waals surface area contributed by atoms with Crippen LogP contribution in [0.4, 0.5) is 11.4 Å². The summed E-state index contributed by atoms with van der Waals surface area (Å²) in [6.07, 6.45) is 0. The van der Waals surface area contributed by atoms with E-state index in [-0.39, 0.29) is 16.1 Å². The average Bonchev–Trinajstić information content (AvgIpc) is 2.73. The lowest BCUT2D eigenvalue weighted by atomic mass is 9.86. The minimum Gasteiger partial charge on any atom is -0.379 e. The van der Waals surface area contributed by atoms with E-state index in [1.807, 2.05) is 43.3 Å². The molecule has 32 heavy (non-hydrogen) atoms. The molecule has 0 fully saturated rings. The molecule has 5 heteroatoms. The summed E-state index contributed by atoms with van der Waals surface area (Å²) in [4.78, 5) is 0.136. The zero-order valence-electron chi connectivity index (χ0n) is 18.7. The van der Waals surface area contributed by atoms with E-state index in [4.69, 9.17) is 4.18 Å². The van der Waals surface area contributed by atoms with Crippen molar-refractivity contribution in [1.82, 2.24) is 0 Å². The van der Waals surface area contributed by atoms with E-state index in [9.17, 15) is 8.42 Å². The maximum absolute atomic E-state index is 12.7. The predicted octanol–water partition coefficient (Wildman–Crippen LogP) is 6.96. The normalized spacial score (nSPS) is 12.0. The molecule has 1 N–H and O–H groups in total. The first kappa shape index (κ1) is 21.9. The molecule has 0 atom stereocenters. The van der Waals surface area contributed by atoms with Gasteiger partial charge in [-0.3, -0.25) is 0 Å². The van der Waals surface area contributed by atoms with Gasteiger partial charge in [-0.25, -0.2) is 0 Å². The Hall–Kier alpha value is -3.31. The third-order valence-electron chi connectivity index (χ3n) is 5.34. The Kier molecular flexibility index (Phi) is 5.70. The molecule has 0 bridgehead atoms. The monoisotopic (exact) mass is 445 g/mol. The smallest absolute Gasteiger partial charge is 0.339 e. The average molecular weight is 446 g/mol. The van der Waals surface area contributed by atoms with Gasteiger partial charge in [-0.2, -0.15) is 8.42 Å². The van der Waals surface area contributed by atoms with E-state index < -0.39 is 10.1 Å². The first-order valence-corrected chi connectivity index (χ1v) is 11.9. The molecule has 0 aliphatic heterocycles. The highest BCUT2D eigenvalue weighted by Crippen LogP contribution is 2.33. The van der Waals surface area contributed by atoms with Gasteiger partial charge in [0.25, 0.3) is 0 Å². The molecule has 0 unspecified atom stereocenters. The van der Waals surface area contributed by atoms with Crippen molar-refractivity contribution in [2.24, 2.45) is 0 Å². The zero-order chi connectivity index (χ0) is 22.9. The van der Waals surface area contributed by atoms with Crippen LogP contribution in [-0.4, -0.2) is 8.42 Å². The Morgan fingerprint density at radius 2 is 1.47 bits per heavy atom. The Balaban J connectivity index is 1.63. The highest BCUT2D eigenvalue weighted by atomic mass is 32.2. The van der Waals surface area contributed by atoms with Crippen LogP contribution in [0.5, 0.6) is 5.75 Å². The summed E-state index contributed by atoms with van der Waals surface area (Å²) in [5.41, 5.74) is 4.19. The third-order valence-corrected chi connectivity index (χ3v) is 6.60. The maximum Gasteiger partial charge on any atom is 0.339 e. The molecule has 0 spiro atoms. The van der Waals surface area contributed by atoms with E-state index in [0.717, 1.165) is 27.7 Å². The third kappa shape index (κ3) is 4.78. The summed E-state index contributed by atoms with van der Waals surface area (Å²) in [6, 6.07) is 26.2. The SMILES string of the molecule is Cc1ccc(S(=O)(=O)Oc2ccc3ccc(Nc4ccccc4C(C)(C)C)cc3c2)cc1. The standard InChI is InChI=1S/C27H27NO3S/c1-19-9-15-24(16-10-19)32(29,30)31-23-14-12-20-11-13-22(17-21(20)18-23)28-26-8-6-5-7-25(26)27(2,3)4/h5-18,28H,1-4H3. The van der Waals surface area contributed by atoms with E-state index in [1.165, 1.54) is 5.56 Å². The van der Waals surface area contributed by atoms with Gasteiger partial charge in [0.2, 0.25) is 0 Å². The van der Waals surface area contributed by atoms with Crippen LogP contribution in [-0.2, 0) is 15.5 Å². The number of anilines is 2. The molecule has 0 saturated carbocycles. The molecule has 0 amide bonds. The number of aryl methyl sites for hydroxylation is 1. The molecule has 4 nitrogen and oxygen atoms in total. The first-order chi connectivity index (χ1) is 15.1. The van der Waals surface area contributed by atoms with Gasteiger partial charge in [0.05, 0.1) is 0 Å². The van der Waals surface area contributed by atoms with Crippen LogP contribution in [0.2, 0.25) is 0 Å². The number of hydrogen-bond donors (Lipinski definition) is 1. The number of benzene rings is 4. The lowest BCUT2D eigenvalue weighted by Crippen LogP contribution is -2.13. The minimum atomic E-state index is -3.90. The molecule has 0 aromatic heterocycles. The topological polar surface area (TPSA) is 55.4 Å². The Morgan fingerprint density at radius 3 is 2.19 bits per heavy atom. The molecule has 164 valence electrons. The largest absolute Gasteiger partial charge is 0.379 e. The van der Waals surface area contributed by atoms with E-state index in [2.05, 4.69) is 38.2 Å². The molecule has 0 aliphatic rings. The molecule has 4 aromatic carbocycles. The Morgan fingerprint density at radius 1 is 0.781 bits per heavy atom. The number of nitrogens with one attached hydrogen (secondary N) is 1. The van der Waals surface area contributed by atoms with Crippen molar-refractivity contribution in [3.05, 3.63) is 96.1 Å². The summed E-state index contributed by atoms with van der Waals surface area (Å²) >= 11 is 0. The number of rotatable bonds is 5. The fraction of sp³-hybridized carbons (Fsp3) is 0.185. The second kappa shape index (κ2) is 8.32. The Bertz CT molecular complexity index is 1370. The van der Waals surface area contributed by atoms with Crippen molar-refractivity contribution in [3.63, 3.8) is 0 Å². The second-order valence-electron chi connectivity index (χ2n) is 8.99. The molecular weight excluding hydrogens is 418 g/mol. The quantitative estimate of drug-likeness (QED) is 0.338. The molecule has 4 rings (SSSR count). The summed E-state index contributed by atoms with van der Waals surface area (Å²) in [5, 5.41) is 5.40. The van der Waals surface area contributed by atoms with E-state index in [0.29, 0.717) is 0 Å². The van der Waals surface area contributed by atoms with Crippen molar-refractivity contribution in [3.8, 4) is 5.75 Å². The summed E-state index contributed by atoms with van der Waals surface area (Å²) in [5.74, 6) is 0.283. The van der Waals surface area contributed by atoms with Crippen LogP contribution in [0.1, 0.15) is 31.9 Å². The van der Waals surface area contributed by atoms with Gasteiger partial charge in [-0.15, -0.1) is 0 Å². The van der Waals surface area contributed by atoms with Crippen molar-refractivity contribution < 1.29 is 12.6 Å². The molecule has 4 aromatic rings. The van der Waals surface area contributed by atoms with Gasteiger partial charge in [0, 0.05) is 11.4 Å². The van der Waals surface area contributed by atoms with Crippen molar-refractivity contribution in [1.29, 1.82) is 0 Å². The lowest BCUT2D eigenvalue weighted by molar-refractivity contribution is 0.486. The summed E-state index contributed by atoms with van der Waals surface area (Å²) < 4.78 is 30.7. The predicted molar refractivity (Wildman–Crippen MR) is 131 cm³/mol.